The Kier molecular flexibility index (Phi) is 5.74. The molecule has 5 nitrogen and oxygen atoms in total. The van der Waals surface area contributed by atoms with Crippen LogP contribution in [-0.4, -0.2) is 34.4 Å². The van der Waals surface area contributed by atoms with Gasteiger partial charge in [-0.05, 0) is 31.6 Å². The smallest absolute Gasteiger partial charge is 0.258 e. The molecule has 0 aliphatic heterocycles. The second-order valence-corrected chi connectivity index (χ2v) is 6.38. The van der Waals surface area contributed by atoms with E-state index in [9.17, 15) is 4.79 Å². The molecule has 1 aromatic heterocycles. The summed E-state index contributed by atoms with van der Waals surface area (Å²) in [6.45, 7) is 6.73. The second kappa shape index (κ2) is 6.84. The van der Waals surface area contributed by atoms with E-state index in [-0.39, 0.29) is 17.8 Å². The third kappa shape index (κ3) is 4.06. The number of nitrogens with one attached hydrogen (secondary N) is 2. The molecule has 0 bridgehead atoms. The van der Waals surface area contributed by atoms with Gasteiger partial charge in [-0.3, -0.25) is 4.79 Å². The average Bonchev–Trinajstić information content (AvgIpc) is 2.66. The van der Waals surface area contributed by atoms with Crippen molar-refractivity contribution < 1.29 is 4.79 Å². The van der Waals surface area contributed by atoms with E-state index in [1.165, 1.54) is 11.5 Å². The van der Waals surface area contributed by atoms with Gasteiger partial charge in [0, 0.05) is 17.8 Å². The number of nitrogens with zero attached hydrogens (tertiary/aromatic N) is 1. The van der Waals surface area contributed by atoms with Crippen molar-refractivity contribution in [2.45, 2.75) is 32.1 Å². The molecule has 0 aromatic carbocycles. The Hall–Kier alpha value is -0.950. The summed E-state index contributed by atoms with van der Waals surface area (Å²) in [5.74, 6) is 0.119. The molecular weight excluding hydrogens is 268 g/mol. The summed E-state index contributed by atoms with van der Waals surface area (Å²) in [5, 5.41) is 7.27. The molecule has 1 atom stereocenters. The molecule has 1 rings (SSSR count). The van der Waals surface area contributed by atoms with Crippen LogP contribution in [0.3, 0.4) is 0 Å². The maximum absolute atomic E-state index is 12.0. The minimum absolute atomic E-state index is 0.0785. The number of nitrogen functional groups attached to an aromatic ring is 1. The predicted molar refractivity (Wildman–Crippen MR) is 80.6 cm³/mol. The van der Waals surface area contributed by atoms with Crippen molar-refractivity contribution >= 4 is 40.0 Å². The predicted octanol–water partition coefficient (Wildman–Crippen LogP) is 2.03. The van der Waals surface area contributed by atoms with Crippen molar-refractivity contribution in [1.82, 2.24) is 9.69 Å². The maximum atomic E-state index is 12.0. The quantitative estimate of drug-likeness (QED) is 0.746. The molecule has 1 unspecified atom stereocenters. The zero-order valence-corrected chi connectivity index (χ0v) is 12.7. The molecule has 7 heteroatoms. The minimum atomic E-state index is -0.171. The molecule has 0 saturated carbocycles. The SMILES string of the molecule is CSC(C)CNc1snc(N)c1C(=O)NC(C)C. The summed E-state index contributed by atoms with van der Waals surface area (Å²) in [7, 11) is 0. The number of hydrogen-bond donors (Lipinski definition) is 3. The van der Waals surface area contributed by atoms with Crippen LogP contribution >= 0.6 is 23.3 Å². The van der Waals surface area contributed by atoms with Crippen molar-refractivity contribution in [2.75, 3.05) is 23.9 Å². The van der Waals surface area contributed by atoms with E-state index in [0.717, 1.165) is 11.5 Å². The summed E-state index contributed by atoms with van der Waals surface area (Å²) >= 11 is 2.99. The summed E-state index contributed by atoms with van der Waals surface area (Å²) in [4.78, 5) is 12.0. The van der Waals surface area contributed by atoms with E-state index in [2.05, 4.69) is 28.2 Å². The van der Waals surface area contributed by atoms with Crippen LogP contribution in [0.15, 0.2) is 0 Å². The number of carbonyl (C=O) groups is 1. The Morgan fingerprint density at radius 1 is 1.50 bits per heavy atom. The number of thioether (sulfide) groups is 1. The minimum Gasteiger partial charge on any atom is -0.382 e. The third-order valence-electron chi connectivity index (χ3n) is 2.32. The Labute approximate surface area is 116 Å². The summed E-state index contributed by atoms with van der Waals surface area (Å²) in [5.41, 5.74) is 6.21. The molecule has 0 aliphatic carbocycles. The maximum Gasteiger partial charge on any atom is 0.258 e. The molecule has 18 heavy (non-hydrogen) atoms. The van der Waals surface area contributed by atoms with Gasteiger partial charge >= 0.3 is 0 Å². The zero-order chi connectivity index (χ0) is 13.7. The van der Waals surface area contributed by atoms with E-state index in [1.54, 1.807) is 11.8 Å². The van der Waals surface area contributed by atoms with Gasteiger partial charge < -0.3 is 16.4 Å². The number of amides is 1. The summed E-state index contributed by atoms with van der Waals surface area (Å²) in [6.07, 6.45) is 2.06. The van der Waals surface area contributed by atoms with Crippen molar-refractivity contribution in [3.63, 3.8) is 0 Å². The number of aromatic nitrogens is 1. The van der Waals surface area contributed by atoms with Gasteiger partial charge in [0.15, 0.2) is 5.82 Å². The van der Waals surface area contributed by atoms with Gasteiger partial charge in [0.05, 0.1) is 0 Å². The van der Waals surface area contributed by atoms with E-state index < -0.39 is 0 Å². The van der Waals surface area contributed by atoms with E-state index in [1.807, 2.05) is 13.8 Å². The number of rotatable bonds is 6. The van der Waals surface area contributed by atoms with Crippen molar-refractivity contribution in [2.24, 2.45) is 0 Å². The van der Waals surface area contributed by atoms with Gasteiger partial charge in [0.2, 0.25) is 0 Å². The summed E-state index contributed by atoms with van der Waals surface area (Å²) < 4.78 is 4.04. The van der Waals surface area contributed by atoms with Gasteiger partial charge in [-0.1, -0.05) is 6.92 Å². The number of nitrogens with two attached hydrogens (primary N) is 1. The van der Waals surface area contributed by atoms with Crippen LogP contribution in [0.25, 0.3) is 0 Å². The highest BCUT2D eigenvalue weighted by atomic mass is 32.2. The van der Waals surface area contributed by atoms with Crippen LogP contribution < -0.4 is 16.4 Å². The van der Waals surface area contributed by atoms with Crippen LogP contribution in [0, 0.1) is 0 Å². The number of anilines is 2. The van der Waals surface area contributed by atoms with Crippen LogP contribution in [0.4, 0.5) is 10.8 Å². The van der Waals surface area contributed by atoms with E-state index in [0.29, 0.717) is 10.8 Å². The highest BCUT2D eigenvalue weighted by Gasteiger charge is 2.19. The monoisotopic (exact) mass is 288 g/mol. The molecular formula is C11H20N4OS2. The molecule has 0 fully saturated rings. The van der Waals surface area contributed by atoms with Gasteiger partial charge in [0.1, 0.15) is 10.6 Å². The van der Waals surface area contributed by atoms with Crippen molar-refractivity contribution in [1.29, 1.82) is 0 Å². The Morgan fingerprint density at radius 3 is 2.72 bits per heavy atom. The molecule has 0 radical (unpaired) electrons. The highest BCUT2D eigenvalue weighted by Crippen LogP contribution is 2.27. The Bertz CT molecular complexity index is 406. The molecule has 0 saturated heterocycles. The lowest BCUT2D eigenvalue weighted by molar-refractivity contribution is 0.0945. The lowest BCUT2D eigenvalue weighted by Gasteiger charge is -2.12. The van der Waals surface area contributed by atoms with Gasteiger partial charge in [-0.15, -0.1) is 0 Å². The van der Waals surface area contributed by atoms with Gasteiger partial charge in [0.25, 0.3) is 5.91 Å². The lowest BCUT2D eigenvalue weighted by atomic mass is 10.2. The fraction of sp³-hybridized carbons (Fsp3) is 0.636. The van der Waals surface area contributed by atoms with Crippen LogP contribution in [-0.2, 0) is 0 Å². The molecule has 1 aromatic rings. The van der Waals surface area contributed by atoms with Crippen LogP contribution in [0.2, 0.25) is 0 Å². The molecule has 0 aliphatic rings. The van der Waals surface area contributed by atoms with Gasteiger partial charge in [-0.2, -0.15) is 16.1 Å². The lowest BCUT2D eigenvalue weighted by Crippen LogP contribution is -2.31. The Balaban J connectivity index is 2.78. The Morgan fingerprint density at radius 2 is 2.17 bits per heavy atom. The van der Waals surface area contributed by atoms with Gasteiger partial charge in [-0.25, -0.2) is 0 Å². The first-order chi connectivity index (χ1) is 8.45. The average molecular weight is 288 g/mol. The standard InChI is InChI=1S/C11H20N4OS2/c1-6(2)14-10(16)8-9(12)15-18-11(8)13-5-7(3)17-4/h6-7,13H,5H2,1-4H3,(H2,12,15)(H,14,16). The summed E-state index contributed by atoms with van der Waals surface area (Å²) in [6, 6.07) is 0.0785. The molecule has 1 heterocycles. The largest absolute Gasteiger partial charge is 0.382 e. The number of carbonyl (C=O) groups excluding carboxylic acids is 1. The first kappa shape index (κ1) is 15.1. The topological polar surface area (TPSA) is 80.0 Å². The molecule has 1 amide bonds. The molecule has 102 valence electrons. The third-order valence-corrected chi connectivity index (χ3v) is 4.11. The first-order valence-corrected chi connectivity index (χ1v) is 7.84. The normalized spacial score (nSPS) is 12.5. The van der Waals surface area contributed by atoms with E-state index in [4.69, 9.17) is 5.73 Å². The van der Waals surface area contributed by atoms with Crippen LogP contribution in [0.5, 0.6) is 0 Å². The molecule has 4 N–H and O–H groups in total. The van der Waals surface area contributed by atoms with Crippen molar-refractivity contribution in [3.8, 4) is 0 Å². The van der Waals surface area contributed by atoms with Crippen LogP contribution in [0.1, 0.15) is 31.1 Å². The van der Waals surface area contributed by atoms with E-state index >= 15 is 0 Å². The first-order valence-electron chi connectivity index (χ1n) is 5.78. The number of hydrogen-bond acceptors (Lipinski definition) is 6. The highest BCUT2D eigenvalue weighted by molar-refractivity contribution is 7.99. The fourth-order valence-electron chi connectivity index (χ4n) is 1.30. The second-order valence-electron chi connectivity index (χ2n) is 4.33. The van der Waals surface area contributed by atoms with Crippen molar-refractivity contribution in [3.05, 3.63) is 5.56 Å². The molecule has 0 spiro atoms. The fourth-order valence-corrected chi connectivity index (χ4v) is 2.26. The zero-order valence-electron chi connectivity index (χ0n) is 11.1.